The fourth-order valence-corrected chi connectivity index (χ4v) is 2.63. The molecule has 0 aromatic carbocycles. The van der Waals surface area contributed by atoms with Gasteiger partial charge in [0.2, 0.25) is 11.9 Å². The molecule has 1 fully saturated rings. The van der Waals surface area contributed by atoms with Crippen molar-refractivity contribution in [1.29, 1.82) is 5.26 Å². The van der Waals surface area contributed by atoms with E-state index in [-0.39, 0.29) is 5.91 Å². The van der Waals surface area contributed by atoms with Crippen LogP contribution in [-0.2, 0) is 4.79 Å². The average Bonchev–Trinajstić information content (AvgIpc) is 2.69. The highest BCUT2D eigenvalue weighted by Gasteiger charge is 2.21. The Bertz CT molecular complexity index is 734. The minimum absolute atomic E-state index is 0.120. The van der Waals surface area contributed by atoms with Gasteiger partial charge in [-0.05, 0) is 18.2 Å². The number of amides is 1. The maximum absolute atomic E-state index is 12.3. The second-order valence-electron chi connectivity index (χ2n) is 5.64. The molecule has 0 aliphatic carbocycles. The van der Waals surface area contributed by atoms with Gasteiger partial charge in [-0.2, -0.15) is 5.26 Å². The number of hydrogen-bond donors (Lipinski definition) is 1. The van der Waals surface area contributed by atoms with Gasteiger partial charge in [-0.3, -0.25) is 4.79 Å². The van der Waals surface area contributed by atoms with E-state index in [1.54, 1.807) is 30.6 Å². The predicted octanol–water partition coefficient (Wildman–Crippen LogP) is 0.894. The highest BCUT2D eigenvalue weighted by atomic mass is 16.2. The van der Waals surface area contributed by atoms with Crippen LogP contribution >= 0.6 is 0 Å². The van der Waals surface area contributed by atoms with Crippen molar-refractivity contribution in [3.63, 3.8) is 0 Å². The molecule has 2 aromatic heterocycles. The van der Waals surface area contributed by atoms with E-state index in [9.17, 15) is 4.79 Å². The van der Waals surface area contributed by atoms with Gasteiger partial charge in [0.1, 0.15) is 11.9 Å². The molecule has 8 nitrogen and oxygen atoms in total. The van der Waals surface area contributed by atoms with Crippen LogP contribution in [0.4, 0.5) is 11.8 Å². The minimum atomic E-state index is 0.120. The van der Waals surface area contributed by atoms with E-state index in [1.165, 1.54) is 6.20 Å². The summed E-state index contributed by atoms with van der Waals surface area (Å²) in [6.45, 7) is 3.33. The highest BCUT2D eigenvalue weighted by molar-refractivity contribution is 5.77. The number of hydrogen-bond acceptors (Lipinski definition) is 7. The van der Waals surface area contributed by atoms with Gasteiger partial charge in [0.05, 0.1) is 5.56 Å². The molecule has 0 atom stereocenters. The number of anilines is 2. The summed E-state index contributed by atoms with van der Waals surface area (Å²) in [5.74, 6) is 1.50. The maximum Gasteiger partial charge on any atom is 0.225 e. The molecule has 8 heteroatoms. The topological polar surface area (TPSA) is 98.0 Å². The number of carbonyl (C=O) groups is 1. The molecule has 0 saturated carbocycles. The monoisotopic (exact) mass is 337 g/mol. The van der Waals surface area contributed by atoms with E-state index in [1.807, 2.05) is 11.0 Å². The normalized spacial score (nSPS) is 14.0. The number of aromatic nitrogens is 3. The van der Waals surface area contributed by atoms with Crippen LogP contribution in [0.3, 0.4) is 0 Å². The third kappa shape index (κ3) is 4.41. The summed E-state index contributed by atoms with van der Waals surface area (Å²) in [4.78, 5) is 28.9. The first kappa shape index (κ1) is 16.6. The number of pyridine rings is 1. The van der Waals surface area contributed by atoms with Gasteiger partial charge in [-0.1, -0.05) is 0 Å². The molecule has 1 N–H and O–H groups in total. The number of nitrogens with one attached hydrogen (secondary N) is 1. The van der Waals surface area contributed by atoms with Gasteiger partial charge in [-0.25, -0.2) is 15.0 Å². The SMILES string of the molecule is N#Cc1ccc(NCCC(=O)N2CCN(c3ncccn3)CC2)nc1. The Morgan fingerprint density at radius 2 is 1.92 bits per heavy atom. The average molecular weight is 337 g/mol. The Morgan fingerprint density at radius 1 is 1.16 bits per heavy atom. The molecule has 0 bridgehead atoms. The molecule has 2 aromatic rings. The summed E-state index contributed by atoms with van der Waals surface area (Å²) < 4.78 is 0. The summed E-state index contributed by atoms with van der Waals surface area (Å²) in [6.07, 6.45) is 5.37. The molecule has 3 heterocycles. The van der Waals surface area contributed by atoms with Crippen molar-refractivity contribution in [2.75, 3.05) is 42.9 Å². The molecule has 1 amide bonds. The summed E-state index contributed by atoms with van der Waals surface area (Å²) in [5.41, 5.74) is 0.516. The third-order valence-electron chi connectivity index (χ3n) is 4.00. The van der Waals surface area contributed by atoms with Crippen LogP contribution in [-0.4, -0.2) is 58.5 Å². The summed E-state index contributed by atoms with van der Waals surface area (Å²) >= 11 is 0. The second-order valence-corrected chi connectivity index (χ2v) is 5.64. The third-order valence-corrected chi connectivity index (χ3v) is 4.00. The summed E-state index contributed by atoms with van der Waals surface area (Å²) in [7, 11) is 0. The van der Waals surface area contributed by atoms with Crippen LogP contribution in [0.1, 0.15) is 12.0 Å². The molecule has 1 aliphatic heterocycles. The molecule has 1 saturated heterocycles. The van der Waals surface area contributed by atoms with Gasteiger partial charge in [-0.15, -0.1) is 0 Å². The quantitative estimate of drug-likeness (QED) is 0.865. The first-order valence-corrected chi connectivity index (χ1v) is 8.16. The lowest BCUT2D eigenvalue weighted by Crippen LogP contribution is -2.49. The number of nitriles is 1. The van der Waals surface area contributed by atoms with Gasteiger partial charge >= 0.3 is 0 Å². The summed E-state index contributed by atoms with van der Waals surface area (Å²) in [5, 5.41) is 11.8. The Kier molecular flexibility index (Phi) is 5.36. The van der Waals surface area contributed by atoms with Crippen molar-refractivity contribution in [2.24, 2.45) is 0 Å². The predicted molar refractivity (Wildman–Crippen MR) is 92.9 cm³/mol. The van der Waals surface area contributed by atoms with E-state index in [4.69, 9.17) is 5.26 Å². The van der Waals surface area contributed by atoms with Crippen molar-refractivity contribution in [2.45, 2.75) is 6.42 Å². The first-order valence-electron chi connectivity index (χ1n) is 8.16. The highest BCUT2D eigenvalue weighted by Crippen LogP contribution is 2.11. The van der Waals surface area contributed by atoms with Gasteiger partial charge < -0.3 is 15.1 Å². The first-order chi connectivity index (χ1) is 12.3. The molecule has 0 unspecified atom stereocenters. The molecular formula is C17H19N7O. The second kappa shape index (κ2) is 8.06. The molecule has 1 aliphatic rings. The lowest BCUT2D eigenvalue weighted by molar-refractivity contribution is -0.131. The Balaban J connectivity index is 1.41. The van der Waals surface area contributed by atoms with Crippen LogP contribution in [0, 0.1) is 11.3 Å². The van der Waals surface area contributed by atoms with E-state index < -0.39 is 0 Å². The van der Waals surface area contributed by atoms with Gasteiger partial charge in [0.15, 0.2) is 0 Å². The largest absolute Gasteiger partial charge is 0.370 e. The van der Waals surface area contributed by atoms with Gasteiger partial charge in [0.25, 0.3) is 0 Å². The number of nitrogens with zero attached hydrogens (tertiary/aromatic N) is 6. The Morgan fingerprint density at radius 3 is 2.56 bits per heavy atom. The van der Waals surface area contributed by atoms with E-state index in [0.29, 0.717) is 43.4 Å². The lowest BCUT2D eigenvalue weighted by Gasteiger charge is -2.34. The zero-order valence-corrected chi connectivity index (χ0v) is 13.8. The van der Waals surface area contributed by atoms with Crippen LogP contribution in [0.25, 0.3) is 0 Å². The summed E-state index contributed by atoms with van der Waals surface area (Å²) in [6, 6.07) is 7.25. The van der Waals surface area contributed by atoms with Crippen molar-refractivity contribution in [3.8, 4) is 6.07 Å². The van der Waals surface area contributed by atoms with Crippen LogP contribution in [0.2, 0.25) is 0 Å². The molecule has 25 heavy (non-hydrogen) atoms. The van der Waals surface area contributed by atoms with E-state index in [0.717, 1.165) is 13.1 Å². The van der Waals surface area contributed by atoms with Crippen LogP contribution < -0.4 is 10.2 Å². The zero-order chi connectivity index (χ0) is 17.5. The van der Waals surface area contributed by atoms with Crippen molar-refractivity contribution in [1.82, 2.24) is 19.9 Å². The maximum atomic E-state index is 12.3. The molecule has 0 spiro atoms. The Hall–Kier alpha value is -3.21. The van der Waals surface area contributed by atoms with Crippen molar-refractivity contribution in [3.05, 3.63) is 42.4 Å². The fourth-order valence-electron chi connectivity index (χ4n) is 2.63. The molecule has 3 rings (SSSR count). The van der Waals surface area contributed by atoms with Crippen LogP contribution in [0.5, 0.6) is 0 Å². The molecular weight excluding hydrogens is 318 g/mol. The zero-order valence-electron chi connectivity index (χ0n) is 13.8. The van der Waals surface area contributed by atoms with Crippen molar-refractivity contribution < 1.29 is 4.79 Å². The Labute approximate surface area is 146 Å². The van der Waals surface area contributed by atoms with Gasteiger partial charge in [0, 0.05) is 57.7 Å². The standard InChI is InChI=1S/C17H19N7O/c18-12-14-2-3-15(22-13-14)19-7-4-16(25)23-8-10-24(11-9-23)17-20-5-1-6-21-17/h1-3,5-6,13H,4,7-11H2,(H,19,22). The smallest absolute Gasteiger partial charge is 0.225 e. The van der Waals surface area contributed by atoms with E-state index in [2.05, 4.69) is 25.2 Å². The molecule has 128 valence electrons. The van der Waals surface area contributed by atoms with Crippen LogP contribution in [0.15, 0.2) is 36.8 Å². The lowest BCUT2D eigenvalue weighted by atomic mass is 10.2. The minimum Gasteiger partial charge on any atom is -0.370 e. The molecule has 0 radical (unpaired) electrons. The van der Waals surface area contributed by atoms with E-state index >= 15 is 0 Å². The van der Waals surface area contributed by atoms with Crippen molar-refractivity contribution >= 4 is 17.7 Å². The fraction of sp³-hybridized carbons (Fsp3) is 0.353. The number of piperazine rings is 1. The number of carbonyl (C=O) groups excluding carboxylic acids is 1. The number of rotatable bonds is 5.